The lowest BCUT2D eigenvalue weighted by Crippen LogP contribution is -1.82. The second-order valence-electron chi connectivity index (χ2n) is 6.19. The molecule has 0 unspecified atom stereocenters. The van der Waals surface area contributed by atoms with E-state index in [0.717, 1.165) is 11.2 Å². The third kappa shape index (κ3) is 2.25. The Labute approximate surface area is 146 Å². The number of hydrogen-bond acceptors (Lipinski definition) is 1. The van der Waals surface area contributed by atoms with Gasteiger partial charge in [-0.05, 0) is 34.4 Å². The molecule has 1 nitrogen and oxygen atoms in total. The fourth-order valence-corrected chi connectivity index (χ4v) is 3.58. The summed E-state index contributed by atoms with van der Waals surface area (Å²) in [7, 11) is 0. The minimum atomic E-state index is 0.930. The molecule has 1 heterocycles. The van der Waals surface area contributed by atoms with Crippen molar-refractivity contribution < 1.29 is 4.42 Å². The maximum atomic E-state index is 6.18. The topological polar surface area (TPSA) is 13.1 Å². The van der Waals surface area contributed by atoms with E-state index < -0.39 is 0 Å². The molecule has 0 bridgehead atoms. The van der Waals surface area contributed by atoms with Crippen molar-refractivity contribution in [1.29, 1.82) is 0 Å². The van der Waals surface area contributed by atoms with Gasteiger partial charge in [-0.1, -0.05) is 84.9 Å². The highest BCUT2D eigenvalue weighted by molar-refractivity contribution is 6.17. The molecule has 0 atom stereocenters. The average Bonchev–Trinajstić information content (AvgIpc) is 3.08. The molecule has 4 aromatic carbocycles. The Morgan fingerprint density at radius 3 is 1.28 bits per heavy atom. The molecule has 5 rings (SSSR count). The number of rotatable bonds is 2. The van der Waals surface area contributed by atoms with E-state index in [4.69, 9.17) is 4.42 Å². The Kier molecular flexibility index (Phi) is 3.17. The van der Waals surface area contributed by atoms with Crippen molar-refractivity contribution in [1.82, 2.24) is 0 Å². The summed E-state index contributed by atoms with van der Waals surface area (Å²) in [5.74, 6) is 0. The van der Waals surface area contributed by atoms with Crippen LogP contribution >= 0.6 is 0 Å². The third-order valence-corrected chi connectivity index (χ3v) is 4.69. The van der Waals surface area contributed by atoms with Crippen LogP contribution in [0.1, 0.15) is 0 Å². The number of hydrogen-bond donors (Lipinski definition) is 0. The van der Waals surface area contributed by atoms with E-state index in [1.807, 2.05) is 12.1 Å². The van der Waals surface area contributed by atoms with Crippen molar-refractivity contribution in [3.05, 3.63) is 97.1 Å². The Balaban J connectivity index is 1.93. The van der Waals surface area contributed by atoms with Crippen LogP contribution < -0.4 is 0 Å². The van der Waals surface area contributed by atoms with Crippen molar-refractivity contribution in [2.75, 3.05) is 0 Å². The lowest BCUT2D eigenvalue weighted by Gasteiger charge is -2.07. The molecule has 0 radical (unpaired) electrons. The van der Waals surface area contributed by atoms with E-state index in [-0.39, 0.29) is 0 Å². The van der Waals surface area contributed by atoms with Crippen LogP contribution in [0.4, 0.5) is 0 Å². The van der Waals surface area contributed by atoms with Crippen LogP contribution in [0, 0.1) is 0 Å². The molecule has 5 aromatic rings. The van der Waals surface area contributed by atoms with Crippen LogP contribution in [0.3, 0.4) is 0 Å². The zero-order valence-corrected chi connectivity index (χ0v) is 13.6. The van der Waals surface area contributed by atoms with Gasteiger partial charge in [-0.2, -0.15) is 0 Å². The van der Waals surface area contributed by atoms with Gasteiger partial charge in [-0.15, -0.1) is 0 Å². The number of fused-ring (bicyclic) bond motifs is 3. The first-order valence-corrected chi connectivity index (χ1v) is 8.47. The molecule has 0 aliphatic carbocycles. The van der Waals surface area contributed by atoms with E-state index >= 15 is 0 Å². The second kappa shape index (κ2) is 5.64. The Morgan fingerprint density at radius 1 is 0.400 bits per heavy atom. The minimum absolute atomic E-state index is 0.930. The van der Waals surface area contributed by atoms with Crippen molar-refractivity contribution >= 4 is 21.9 Å². The van der Waals surface area contributed by atoms with Gasteiger partial charge in [-0.3, -0.25) is 0 Å². The predicted octanol–water partition coefficient (Wildman–Crippen LogP) is 6.92. The molecule has 118 valence electrons. The van der Waals surface area contributed by atoms with Crippen LogP contribution in [0.15, 0.2) is 101 Å². The molecule has 0 saturated carbocycles. The van der Waals surface area contributed by atoms with Crippen molar-refractivity contribution in [2.24, 2.45) is 0 Å². The highest BCUT2D eigenvalue weighted by atomic mass is 16.3. The average molecular weight is 320 g/mol. The van der Waals surface area contributed by atoms with Crippen LogP contribution in [0.5, 0.6) is 0 Å². The zero-order valence-electron chi connectivity index (χ0n) is 13.6. The van der Waals surface area contributed by atoms with Gasteiger partial charge in [-0.25, -0.2) is 0 Å². The summed E-state index contributed by atoms with van der Waals surface area (Å²) >= 11 is 0. The summed E-state index contributed by atoms with van der Waals surface area (Å²) in [4.78, 5) is 0. The van der Waals surface area contributed by atoms with Gasteiger partial charge in [0.25, 0.3) is 0 Å². The summed E-state index contributed by atoms with van der Waals surface area (Å²) in [6.07, 6.45) is 0. The molecular weight excluding hydrogens is 304 g/mol. The SMILES string of the molecule is c1ccc(-c2cccc3oc4cccc(-c5ccccc5)c4c23)cc1. The second-order valence-corrected chi connectivity index (χ2v) is 6.19. The summed E-state index contributed by atoms with van der Waals surface area (Å²) in [5, 5.41) is 2.37. The molecule has 0 spiro atoms. The molecular formula is C24H16O. The third-order valence-electron chi connectivity index (χ3n) is 4.69. The molecule has 0 N–H and O–H groups in total. The molecule has 1 aromatic heterocycles. The minimum Gasteiger partial charge on any atom is -0.456 e. The van der Waals surface area contributed by atoms with Crippen LogP contribution in [0.25, 0.3) is 44.2 Å². The predicted molar refractivity (Wildman–Crippen MR) is 105 cm³/mol. The monoisotopic (exact) mass is 320 g/mol. The first kappa shape index (κ1) is 14.1. The fourth-order valence-electron chi connectivity index (χ4n) is 3.58. The Hall–Kier alpha value is -3.32. The van der Waals surface area contributed by atoms with Gasteiger partial charge in [0.1, 0.15) is 11.2 Å². The maximum Gasteiger partial charge on any atom is 0.136 e. The molecule has 1 heteroatoms. The number of benzene rings is 4. The van der Waals surface area contributed by atoms with E-state index in [1.165, 1.54) is 33.0 Å². The zero-order chi connectivity index (χ0) is 16.6. The smallest absolute Gasteiger partial charge is 0.136 e. The van der Waals surface area contributed by atoms with Crippen LogP contribution in [-0.2, 0) is 0 Å². The lowest BCUT2D eigenvalue weighted by atomic mass is 9.95. The quantitative estimate of drug-likeness (QED) is 0.344. The normalized spacial score (nSPS) is 11.2. The Morgan fingerprint density at radius 2 is 0.840 bits per heavy atom. The summed E-state index contributed by atoms with van der Waals surface area (Å²) in [5.41, 5.74) is 6.69. The summed E-state index contributed by atoms with van der Waals surface area (Å²) in [6, 6.07) is 33.6. The van der Waals surface area contributed by atoms with Crippen LogP contribution in [0.2, 0.25) is 0 Å². The first-order valence-electron chi connectivity index (χ1n) is 8.47. The van der Waals surface area contributed by atoms with Gasteiger partial charge in [0, 0.05) is 10.8 Å². The molecule has 0 fully saturated rings. The molecule has 0 aliphatic rings. The van der Waals surface area contributed by atoms with E-state index in [2.05, 4.69) is 84.9 Å². The van der Waals surface area contributed by atoms with Crippen molar-refractivity contribution in [3.63, 3.8) is 0 Å². The van der Waals surface area contributed by atoms with E-state index in [1.54, 1.807) is 0 Å². The van der Waals surface area contributed by atoms with E-state index in [9.17, 15) is 0 Å². The van der Waals surface area contributed by atoms with Crippen LogP contribution in [-0.4, -0.2) is 0 Å². The molecule has 25 heavy (non-hydrogen) atoms. The van der Waals surface area contributed by atoms with Crippen molar-refractivity contribution in [2.45, 2.75) is 0 Å². The lowest BCUT2D eigenvalue weighted by molar-refractivity contribution is 0.669. The van der Waals surface area contributed by atoms with Gasteiger partial charge >= 0.3 is 0 Å². The van der Waals surface area contributed by atoms with E-state index in [0.29, 0.717) is 0 Å². The molecule has 0 saturated heterocycles. The number of furan rings is 1. The molecule has 0 amide bonds. The van der Waals surface area contributed by atoms with Gasteiger partial charge in [0.2, 0.25) is 0 Å². The summed E-state index contributed by atoms with van der Waals surface area (Å²) in [6.45, 7) is 0. The molecule has 0 aliphatic heterocycles. The summed E-state index contributed by atoms with van der Waals surface area (Å²) < 4.78 is 6.18. The van der Waals surface area contributed by atoms with Crippen molar-refractivity contribution in [3.8, 4) is 22.3 Å². The first-order chi connectivity index (χ1) is 12.4. The fraction of sp³-hybridized carbons (Fsp3) is 0. The highest BCUT2D eigenvalue weighted by Crippen LogP contribution is 2.41. The van der Waals surface area contributed by atoms with Gasteiger partial charge in [0.05, 0.1) is 0 Å². The van der Waals surface area contributed by atoms with Gasteiger partial charge in [0.15, 0.2) is 0 Å². The highest BCUT2D eigenvalue weighted by Gasteiger charge is 2.15. The largest absolute Gasteiger partial charge is 0.456 e. The van der Waals surface area contributed by atoms with Gasteiger partial charge < -0.3 is 4.42 Å². The Bertz CT molecular complexity index is 1070. The standard InChI is InChI=1S/C24H16O/c1-3-9-17(10-4-1)19-13-7-15-21-23(19)24-20(14-8-16-22(24)25-21)18-11-5-2-6-12-18/h1-16H. The maximum absolute atomic E-state index is 6.18.